The molecule has 5 rings (SSSR count). The van der Waals surface area contributed by atoms with Crippen molar-refractivity contribution >= 4 is 41.0 Å². The van der Waals surface area contributed by atoms with E-state index >= 15 is 0 Å². The van der Waals surface area contributed by atoms with Gasteiger partial charge in [-0.2, -0.15) is 13.2 Å². The molecule has 7 nitrogen and oxygen atoms in total. The number of hydrogen-bond donors (Lipinski definition) is 1. The van der Waals surface area contributed by atoms with Crippen molar-refractivity contribution in [3.05, 3.63) is 51.8 Å². The molecule has 40 heavy (non-hydrogen) atoms. The molecule has 1 aromatic carbocycles. The first kappa shape index (κ1) is 28.9. The largest absolute Gasteiger partial charge is 0.419 e. The molecular weight excluding hydrogens is 566 g/mol. The molecule has 2 aromatic rings. The minimum absolute atomic E-state index is 0.0146. The lowest BCUT2D eigenvalue weighted by atomic mass is 9.89. The number of carbonyl (C=O) groups is 2. The summed E-state index contributed by atoms with van der Waals surface area (Å²) in [5.41, 5.74) is -0.127. The number of nitrogens with zero attached hydrogens (tertiary/aromatic N) is 4. The average molecular weight is 598 g/mol. The fraction of sp³-hybridized carbons (Fsp3) is 0.571. The van der Waals surface area contributed by atoms with Crippen molar-refractivity contribution in [2.24, 2.45) is 23.2 Å². The second-order valence-electron chi connectivity index (χ2n) is 11.5. The van der Waals surface area contributed by atoms with Crippen molar-refractivity contribution in [1.29, 1.82) is 0 Å². The molecule has 3 heterocycles. The third-order valence-corrected chi connectivity index (χ3v) is 9.26. The van der Waals surface area contributed by atoms with Gasteiger partial charge in [0, 0.05) is 56.5 Å². The molecule has 2 amide bonds. The number of benzene rings is 1. The number of rotatable bonds is 7. The number of likely N-dealkylation sites (tertiary alicyclic amines) is 2. The Morgan fingerprint density at radius 2 is 1.68 bits per heavy atom. The maximum absolute atomic E-state index is 13.6. The number of nitrogens with one attached hydrogen (secondary N) is 1. The molecule has 216 valence electrons. The Morgan fingerprint density at radius 1 is 1.02 bits per heavy atom. The van der Waals surface area contributed by atoms with Gasteiger partial charge in [-0.15, -0.1) is 0 Å². The maximum Gasteiger partial charge on any atom is 0.419 e. The predicted octanol–water partition coefficient (Wildman–Crippen LogP) is 5.57. The normalized spacial score (nSPS) is 22.9. The van der Waals surface area contributed by atoms with Crippen molar-refractivity contribution in [3.63, 3.8) is 0 Å². The Hall–Kier alpha value is -2.59. The topological polar surface area (TPSA) is 78.4 Å². The van der Waals surface area contributed by atoms with Gasteiger partial charge in [0.1, 0.15) is 0 Å². The fourth-order valence-electron chi connectivity index (χ4n) is 5.71. The van der Waals surface area contributed by atoms with Crippen molar-refractivity contribution in [3.8, 4) is 0 Å². The first-order chi connectivity index (χ1) is 18.9. The van der Waals surface area contributed by atoms with Crippen molar-refractivity contribution < 1.29 is 22.8 Å². The number of alkyl halides is 3. The Balaban J connectivity index is 1.23. The van der Waals surface area contributed by atoms with Crippen LogP contribution < -0.4 is 5.32 Å². The van der Waals surface area contributed by atoms with Gasteiger partial charge in [-0.25, -0.2) is 9.97 Å². The van der Waals surface area contributed by atoms with Crippen LogP contribution in [0.2, 0.25) is 10.0 Å². The van der Waals surface area contributed by atoms with E-state index in [1.165, 1.54) is 0 Å². The maximum atomic E-state index is 13.6. The lowest BCUT2D eigenvalue weighted by molar-refractivity contribution is -0.142. The van der Waals surface area contributed by atoms with E-state index in [9.17, 15) is 22.8 Å². The van der Waals surface area contributed by atoms with Gasteiger partial charge in [-0.1, -0.05) is 36.2 Å². The van der Waals surface area contributed by atoms with Crippen LogP contribution in [0.4, 0.5) is 19.1 Å². The number of aromatic nitrogens is 2. The summed E-state index contributed by atoms with van der Waals surface area (Å²) in [4.78, 5) is 37.7. The summed E-state index contributed by atoms with van der Waals surface area (Å²) >= 11 is 12.3. The lowest BCUT2D eigenvalue weighted by Gasteiger charge is -2.34. The molecule has 2 aliphatic heterocycles. The van der Waals surface area contributed by atoms with Crippen molar-refractivity contribution in [2.75, 3.05) is 38.0 Å². The average Bonchev–Trinajstić information content (AvgIpc) is 3.56. The van der Waals surface area contributed by atoms with E-state index in [0.717, 1.165) is 30.8 Å². The number of amides is 2. The summed E-state index contributed by atoms with van der Waals surface area (Å²) in [5, 5.41) is 3.98. The second kappa shape index (κ2) is 11.4. The quantitative estimate of drug-likeness (QED) is 0.451. The Bertz CT molecular complexity index is 1250. The minimum Gasteiger partial charge on any atom is -0.354 e. The first-order valence-corrected chi connectivity index (χ1v) is 14.3. The Kier molecular flexibility index (Phi) is 8.21. The van der Waals surface area contributed by atoms with E-state index in [1.54, 1.807) is 6.07 Å². The fourth-order valence-corrected chi connectivity index (χ4v) is 6.03. The van der Waals surface area contributed by atoms with Gasteiger partial charge in [-0.3, -0.25) is 9.59 Å². The summed E-state index contributed by atoms with van der Waals surface area (Å²) in [7, 11) is 0. The van der Waals surface area contributed by atoms with E-state index in [2.05, 4.69) is 15.3 Å². The number of hydrogen-bond acceptors (Lipinski definition) is 5. The molecule has 1 aromatic heterocycles. The van der Waals surface area contributed by atoms with Crippen LogP contribution in [0.1, 0.15) is 43.7 Å². The van der Waals surface area contributed by atoms with Crippen LogP contribution in [-0.4, -0.2) is 64.3 Å². The van der Waals surface area contributed by atoms with E-state index < -0.39 is 11.7 Å². The molecular formula is C28H32Cl2F3N5O2. The van der Waals surface area contributed by atoms with Gasteiger partial charge in [0.15, 0.2) is 0 Å². The van der Waals surface area contributed by atoms with E-state index in [4.69, 9.17) is 23.2 Å². The molecule has 3 fully saturated rings. The summed E-state index contributed by atoms with van der Waals surface area (Å²) < 4.78 is 38.6. The number of anilines is 1. The Morgan fingerprint density at radius 3 is 2.27 bits per heavy atom. The summed E-state index contributed by atoms with van der Waals surface area (Å²) in [5.74, 6) is 0.370. The second-order valence-corrected chi connectivity index (χ2v) is 12.3. The predicted molar refractivity (Wildman–Crippen MR) is 146 cm³/mol. The first-order valence-electron chi connectivity index (χ1n) is 13.6. The monoisotopic (exact) mass is 597 g/mol. The molecule has 2 atom stereocenters. The molecule has 1 N–H and O–H groups in total. The van der Waals surface area contributed by atoms with Crippen LogP contribution in [-0.2, 0) is 22.2 Å². The summed E-state index contributed by atoms with van der Waals surface area (Å²) in [6.07, 6.45) is 0.841. The van der Waals surface area contributed by atoms with Crippen LogP contribution in [0.5, 0.6) is 0 Å². The zero-order chi connectivity index (χ0) is 28.7. The number of piperidine rings is 1. The van der Waals surface area contributed by atoms with Crippen LogP contribution in [0.25, 0.3) is 0 Å². The molecule has 1 aliphatic carbocycles. The minimum atomic E-state index is -4.50. The molecule has 0 spiro atoms. The SMILES string of the molecule is CC1(C(=O)N2CCC(C(=O)N3CC(Cc4ccc(Cl)c(Cl)c4)[C@@H](CNc4ncc(C(F)(F)F)cn4)C3)CC2)CC1. The highest BCUT2D eigenvalue weighted by atomic mass is 35.5. The number of carbonyl (C=O) groups excluding carboxylic acids is 2. The molecule has 1 unspecified atom stereocenters. The van der Waals surface area contributed by atoms with Gasteiger partial charge in [0.25, 0.3) is 0 Å². The molecule has 0 radical (unpaired) electrons. The molecule has 2 saturated heterocycles. The van der Waals surface area contributed by atoms with Crippen LogP contribution >= 0.6 is 23.2 Å². The zero-order valence-corrected chi connectivity index (χ0v) is 23.7. The summed E-state index contributed by atoms with van der Waals surface area (Å²) in [6.45, 7) is 4.66. The number of halogens is 5. The molecule has 12 heteroatoms. The van der Waals surface area contributed by atoms with Gasteiger partial charge in [0.2, 0.25) is 17.8 Å². The molecule has 3 aliphatic rings. The standard InChI is InChI=1S/C28H32Cl2F3N5O2/c1-27(6-7-27)25(40)37-8-4-18(5-9-37)24(39)38-15-19(10-17-2-3-22(29)23(30)11-17)20(16-38)12-34-26-35-13-21(14-36-26)28(31,32)33/h2-3,11,13-14,18-20H,4-10,12,15-16H2,1H3,(H,34,35,36)/t19?,20-/m0/s1. The zero-order valence-electron chi connectivity index (χ0n) is 22.2. The van der Waals surface area contributed by atoms with Gasteiger partial charge >= 0.3 is 6.18 Å². The third kappa shape index (κ3) is 6.48. The van der Waals surface area contributed by atoms with Crippen LogP contribution in [0.3, 0.4) is 0 Å². The lowest BCUT2D eigenvalue weighted by Crippen LogP contribution is -2.45. The van der Waals surface area contributed by atoms with Crippen molar-refractivity contribution in [2.45, 2.75) is 45.2 Å². The van der Waals surface area contributed by atoms with Gasteiger partial charge < -0.3 is 15.1 Å². The third-order valence-electron chi connectivity index (χ3n) is 8.52. The molecule has 0 bridgehead atoms. The van der Waals surface area contributed by atoms with E-state index in [-0.39, 0.29) is 40.9 Å². The van der Waals surface area contributed by atoms with Gasteiger partial charge in [0.05, 0.1) is 15.6 Å². The Labute approximate surface area is 241 Å². The smallest absolute Gasteiger partial charge is 0.354 e. The highest BCUT2D eigenvalue weighted by Gasteiger charge is 2.48. The summed E-state index contributed by atoms with van der Waals surface area (Å²) in [6, 6.07) is 5.48. The van der Waals surface area contributed by atoms with E-state index in [1.807, 2.05) is 28.9 Å². The van der Waals surface area contributed by atoms with Crippen LogP contribution in [0.15, 0.2) is 30.6 Å². The van der Waals surface area contributed by atoms with Gasteiger partial charge in [-0.05, 0) is 61.6 Å². The highest BCUT2D eigenvalue weighted by Crippen LogP contribution is 2.47. The highest BCUT2D eigenvalue weighted by molar-refractivity contribution is 6.42. The molecule has 1 saturated carbocycles. The van der Waals surface area contributed by atoms with Crippen molar-refractivity contribution in [1.82, 2.24) is 19.8 Å². The van der Waals surface area contributed by atoms with Crippen LogP contribution in [0, 0.1) is 23.2 Å². The van der Waals surface area contributed by atoms with E-state index in [0.29, 0.717) is 62.0 Å².